The van der Waals surface area contributed by atoms with Gasteiger partial charge in [-0.3, -0.25) is 4.79 Å². The number of methoxy groups -OCH3 is 1. The van der Waals surface area contributed by atoms with E-state index in [-0.39, 0.29) is 17.4 Å². The van der Waals surface area contributed by atoms with Crippen molar-refractivity contribution in [3.8, 4) is 0 Å². The summed E-state index contributed by atoms with van der Waals surface area (Å²) in [5.41, 5.74) is 4.86. The Morgan fingerprint density at radius 1 is 1.80 bits per heavy atom. The molecule has 2 unspecified atom stereocenters. The molecule has 1 rings (SSSR count). The number of carbonyl (C=O) groups is 1. The molecule has 1 saturated carbocycles. The topological polar surface area (TPSA) is 52.3 Å². The van der Waals surface area contributed by atoms with Gasteiger partial charge in [-0.25, -0.2) is 0 Å². The van der Waals surface area contributed by atoms with Crippen molar-refractivity contribution in [2.75, 3.05) is 7.11 Å². The summed E-state index contributed by atoms with van der Waals surface area (Å²) in [6.45, 7) is 1.92. The summed E-state index contributed by atoms with van der Waals surface area (Å²) >= 11 is 0. The van der Waals surface area contributed by atoms with Crippen LogP contribution in [-0.4, -0.2) is 18.6 Å². The van der Waals surface area contributed by atoms with Crippen LogP contribution in [0.25, 0.3) is 0 Å². The van der Waals surface area contributed by atoms with E-state index in [1.54, 1.807) is 7.11 Å². The minimum absolute atomic E-state index is 0.0718. The molecule has 2 N–H and O–H groups in total. The number of ether oxygens (including phenoxy) is 1. The number of carbonyl (C=O) groups excluding carboxylic acids is 1. The number of hydrogen-bond acceptors (Lipinski definition) is 2. The summed E-state index contributed by atoms with van der Waals surface area (Å²) in [4.78, 5) is 10.7. The molecule has 1 fully saturated rings. The van der Waals surface area contributed by atoms with Crippen LogP contribution in [-0.2, 0) is 9.53 Å². The largest absolute Gasteiger partial charge is 0.378 e. The zero-order valence-electron chi connectivity index (χ0n) is 6.39. The minimum Gasteiger partial charge on any atom is -0.378 e. The van der Waals surface area contributed by atoms with Gasteiger partial charge in [0.1, 0.15) is 0 Å². The summed E-state index contributed by atoms with van der Waals surface area (Å²) < 4.78 is 5.15. The fourth-order valence-electron chi connectivity index (χ4n) is 1.38. The first kappa shape index (κ1) is 7.54. The maximum atomic E-state index is 10.7. The molecule has 0 aromatic rings. The second-order valence-electron chi connectivity index (χ2n) is 3.01. The molecule has 0 saturated heterocycles. The molecule has 3 nitrogen and oxygen atoms in total. The third-order valence-corrected chi connectivity index (χ3v) is 2.48. The lowest BCUT2D eigenvalue weighted by Gasteiger charge is -2.43. The summed E-state index contributed by atoms with van der Waals surface area (Å²) in [5, 5.41) is 0. The third-order valence-electron chi connectivity index (χ3n) is 2.48. The van der Waals surface area contributed by atoms with E-state index in [4.69, 9.17) is 10.5 Å². The smallest absolute Gasteiger partial charge is 0.223 e. The predicted molar refractivity (Wildman–Crippen MR) is 37.3 cm³/mol. The van der Waals surface area contributed by atoms with Gasteiger partial charge in [0.15, 0.2) is 0 Å². The van der Waals surface area contributed by atoms with Crippen molar-refractivity contribution in [2.24, 2.45) is 11.7 Å². The van der Waals surface area contributed by atoms with E-state index in [1.165, 1.54) is 0 Å². The fraction of sp³-hybridized carbons (Fsp3) is 0.857. The summed E-state index contributed by atoms with van der Waals surface area (Å²) in [7, 11) is 1.62. The highest BCUT2D eigenvalue weighted by molar-refractivity contribution is 5.79. The second-order valence-corrected chi connectivity index (χ2v) is 3.01. The lowest BCUT2D eigenvalue weighted by molar-refractivity contribution is -0.149. The molecule has 1 aliphatic rings. The number of amides is 1. The van der Waals surface area contributed by atoms with Gasteiger partial charge in [0.2, 0.25) is 5.91 Å². The van der Waals surface area contributed by atoms with E-state index in [2.05, 4.69) is 0 Å². The van der Waals surface area contributed by atoms with Crippen LogP contribution in [0.3, 0.4) is 0 Å². The Kier molecular flexibility index (Phi) is 1.68. The molecule has 2 atom stereocenters. The number of nitrogens with two attached hydrogens (primary N) is 1. The summed E-state index contributed by atoms with van der Waals surface area (Å²) in [6.07, 6.45) is 1.82. The van der Waals surface area contributed by atoms with Crippen molar-refractivity contribution >= 4 is 5.91 Å². The van der Waals surface area contributed by atoms with Crippen molar-refractivity contribution in [3.05, 3.63) is 0 Å². The molecule has 58 valence electrons. The minimum atomic E-state index is -0.272. The van der Waals surface area contributed by atoms with Gasteiger partial charge in [-0.2, -0.15) is 0 Å². The van der Waals surface area contributed by atoms with Crippen molar-refractivity contribution in [2.45, 2.75) is 25.4 Å². The van der Waals surface area contributed by atoms with Crippen molar-refractivity contribution < 1.29 is 9.53 Å². The van der Waals surface area contributed by atoms with Gasteiger partial charge in [0, 0.05) is 7.11 Å². The summed E-state index contributed by atoms with van der Waals surface area (Å²) in [6, 6.07) is 0. The Bertz CT molecular complexity index is 154. The van der Waals surface area contributed by atoms with Crippen LogP contribution >= 0.6 is 0 Å². The van der Waals surface area contributed by atoms with Gasteiger partial charge in [-0.1, -0.05) is 0 Å². The number of hydrogen-bond donors (Lipinski definition) is 1. The molecular formula is C7H13NO2. The lowest BCUT2D eigenvalue weighted by atomic mass is 9.70. The molecule has 0 bridgehead atoms. The third kappa shape index (κ3) is 0.904. The van der Waals surface area contributed by atoms with E-state index in [1.807, 2.05) is 6.92 Å². The van der Waals surface area contributed by atoms with Gasteiger partial charge < -0.3 is 10.5 Å². The molecule has 3 heteroatoms. The monoisotopic (exact) mass is 143 g/mol. The van der Waals surface area contributed by atoms with Crippen LogP contribution in [0.4, 0.5) is 0 Å². The van der Waals surface area contributed by atoms with Gasteiger partial charge >= 0.3 is 0 Å². The van der Waals surface area contributed by atoms with E-state index in [9.17, 15) is 4.79 Å². The highest BCUT2D eigenvalue weighted by atomic mass is 16.5. The first-order chi connectivity index (χ1) is 4.60. The average Bonchev–Trinajstić information content (AvgIpc) is 1.83. The predicted octanol–water partition coefficient (Wildman–Crippen LogP) is 0.287. The van der Waals surface area contributed by atoms with E-state index < -0.39 is 0 Å². The van der Waals surface area contributed by atoms with Gasteiger partial charge in [-0.15, -0.1) is 0 Å². The zero-order valence-corrected chi connectivity index (χ0v) is 6.39. The quantitative estimate of drug-likeness (QED) is 0.604. The standard InChI is InChI=1S/C7H13NO2/c1-7(10-2)4-3-5(7)6(8)9/h5H,3-4H2,1-2H3,(H2,8,9). The molecule has 0 aliphatic heterocycles. The van der Waals surface area contributed by atoms with Crippen molar-refractivity contribution in [3.63, 3.8) is 0 Å². The highest BCUT2D eigenvalue weighted by Crippen LogP contribution is 2.40. The van der Waals surface area contributed by atoms with Crippen molar-refractivity contribution in [1.29, 1.82) is 0 Å². The first-order valence-electron chi connectivity index (χ1n) is 3.44. The Labute approximate surface area is 60.5 Å². The van der Waals surface area contributed by atoms with Gasteiger partial charge in [0.25, 0.3) is 0 Å². The highest BCUT2D eigenvalue weighted by Gasteiger charge is 2.46. The zero-order chi connectivity index (χ0) is 7.78. The molecular weight excluding hydrogens is 130 g/mol. The second kappa shape index (κ2) is 2.23. The molecule has 1 amide bonds. The normalized spacial score (nSPS) is 38.8. The molecule has 0 aromatic heterocycles. The van der Waals surface area contributed by atoms with Crippen LogP contribution in [0.2, 0.25) is 0 Å². The Balaban J connectivity index is 2.57. The molecule has 10 heavy (non-hydrogen) atoms. The fourth-order valence-corrected chi connectivity index (χ4v) is 1.38. The molecule has 0 radical (unpaired) electrons. The lowest BCUT2D eigenvalue weighted by Crippen LogP contribution is -2.52. The van der Waals surface area contributed by atoms with Gasteiger partial charge in [0.05, 0.1) is 11.5 Å². The van der Waals surface area contributed by atoms with Crippen LogP contribution in [0.5, 0.6) is 0 Å². The van der Waals surface area contributed by atoms with Crippen LogP contribution in [0.1, 0.15) is 19.8 Å². The summed E-state index contributed by atoms with van der Waals surface area (Å²) in [5.74, 6) is -0.312. The van der Waals surface area contributed by atoms with E-state index in [0.717, 1.165) is 12.8 Å². The molecule has 0 heterocycles. The van der Waals surface area contributed by atoms with Gasteiger partial charge in [-0.05, 0) is 19.8 Å². The molecule has 0 spiro atoms. The average molecular weight is 143 g/mol. The maximum Gasteiger partial charge on any atom is 0.223 e. The Hall–Kier alpha value is -0.570. The number of primary amides is 1. The van der Waals surface area contributed by atoms with Crippen LogP contribution < -0.4 is 5.73 Å². The van der Waals surface area contributed by atoms with E-state index >= 15 is 0 Å². The maximum absolute atomic E-state index is 10.7. The first-order valence-corrected chi connectivity index (χ1v) is 3.44. The Morgan fingerprint density at radius 3 is 2.50 bits per heavy atom. The van der Waals surface area contributed by atoms with Crippen LogP contribution in [0, 0.1) is 5.92 Å². The van der Waals surface area contributed by atoms with E-state index in [0.29, 0.717) is 0 Å². The van der Waals surface area contributed by atoms with Crippen molar-refractivity contribution in [1.82, 2.24) is 0 Å². The molecule has 1 aliphatic carbocycles. The Morgan fingerprint density at radius 2 is 2.40 bits per heavy atom. The molecule has 0 aromatic carbocycles. The SMILES string of the molecule is COC1(C)CCC1C(N)=O. The number of rotatable bonds is 2. The van der Waals surface area contributed by atoms with Crippen LogP contribution in [0.15, 0.2) is 0 Å².